The SMILES string of the molecule is COCc1nc(N2CCC[C@@H]2C(N)=O)c2c(-c3ccccc3)csc2n1. The van der Waals surface area contributed by atoms with Gasteiger partial charge in [0.15, 0.2) is 5.82 Å². The predicted molar refractivity (Wildman–Crippen MR) is 103 cm³/mol. The van der Waals surface area contributed by atoms with Crippen LogP contribution in [0.3, 0.4) is 0 Å². The molecule has 1 saturated heterocycles. The summed E-state index contributed by atoms with van der Waals surface area (Å²) in [5.74, 6) is 1.09. The second-order valence-corrected chi connectivity index (χ2v) is 7.20. The molecule has 1 amide bonds. The molecule has 0 bridgehead atoms. The number of thiophene rings is 1. The maximum absolute atomic E-state index is 11.9. The first-order valence-corrected chi connectivity index (χ1v) is 9.45. The van der Waals surface area contributed by atoms with E-state index >= 15 is 0 Å². The van der Waals surface area contributed by atoms with Crippen LogP contribution >= 0.6 is 11.3 Å². The molecule has 0 unspecified atom stereocenters. The number of fused-ring (bicyclic) bond motifs is 1. The highest BCUT2D eigenvalue weighted by molar-refractivity contribution is 7.17. The Morgan fingerprint density at radius 3 is 2.88 bits per heavy atom. The molecule has 1 aromatic carbocycles. The normalized spacial score (nSPS) is 17.1. The van der Waals surface area contributed by atoms with Gasteiger partial charge in [-0.1, -0.05) is 30.3 Å². The van der Waals surface area contributed by atoms with E-state index in [1.807, 2.05) is 23.1 Å². The maximum Gasteiger partial charge on any atom is 0.240 e. The predicted octanol–water partition coefficient (Wildman–Crippen LogP) is 2.96. The molecular weight excluding hydrogens is 348 g/mol. The molecule has 7 heteroatoms. The number of carbonyl (C=O) groups is 1. The number of aromatic nitrogens is 2. The van der Waals surface area contributed by atoms with Gasteiger partial charge >= 0.3 is 0 Å². The molecule has 26 heavy (non-hydrogen) atoms. The lowest BCUT2D eigenvalue weighted by Crippen LogP contribution is -2.41. The second-order valence-electron chi connectivity index (χ2n) is 6.35. The molecule has 1 aliphatic heterocycles. The van der Waals surface area contributed by atoms with Crippen molar-refractivity contribution in [2.24, 2.45) is 5.73 Å². The summed E-state index contributed by atoms with van der Waals surface area (Å²) in [4.78, 5) is 24.3. The maximum atomic E-state index is 11.9. The minimum Gasteiger partial charge on any atom is -0.377 e. The average molecular weight is 368 g/mol. The fraction of sp³-hybridized carbons (Fsp3) is 0.316. The number of methoxy groups -OCH3 is 1. The second kappa shape index (κ2) is 7.01. The standard InChI is InChI=1S/C19H20N4O2S/c1-25-10-15-21-18(23-9-5-8-14(23)17(20)24)16-13(11-26-19(16)22-15)12-6-3-2-4-7-12/h2-4,6-7,11,14H,5,8-10H2,1H3,(H2,20,24)/t14-/m1/s1. The molecule has 2 N–H and O–H groups in total. The highest BCUT2D eigenvalue weighted by Gasteiger charge is 2.32. The number of benzene rings is 1. The Morgan fingerprint density at radius 2 is 2.15 bits per heavy atom. The zero-order chi connectivity index (χ0) is 18.1. The minimum atomic E-state index is -0.327. The van der Waals surface area contributed by atoms with Gasteiger partial charge in [-0.05, 0) is 18.4 Å². The van der Waals surface area contributed by atoms with Crippen molar-refractivity contribution in [3.05, 3.63) is 41.5 Å². The number of anilines is 1. The summed E-state index contributed by atoms with van der Waals surface area (Å²) in [6, 6.07) is 9.84. The van der Waals surface area contributed by atoms with Crippen LogP contribution in [0, 0.1) is 0 Å². The highest BCUT2D eigenvalue weighted by Crippen LogP contribution is 2.40. The Balaban J connectivity index is 1.93. The first-order valence-electron chi connectivity index (χ1n) is 8.57. The van der Waals surface area contributed by atoms with E-state index in [1.165, 1.54) is 0 Å². The van der Waals surface area contributed by atoms with E-state index in [2.05, 4.69) is 22.5 Å². The van der Waals surface area contributed by atoms with Crippen molar-refractivity contribution < 1.29 is 9.53 Å². The van der Waals surface area contributed by atoms with Crippen LogP contribution in [0.15, 0.2) is 35.7 Å². The number of amides is 1. The van der Waals surface area contributed by atoms with Crippen LogP contribution in [0.5, 0.6) is 0 Å². The molecule has 0 aliphatic carbocycles. The van der Waals surface area contributed by atoms with Gasteiger partial charge in [0.05, 0.1) is 5.39 Å². The van der Waals surface area contributed by atoms with Crippen molar-refractivity contribution in [3.63, 3.8) is 0 Å². The summed E-state index contributed by atoms with van der Waals surface area (Å²) in [5.41, 5.74) is 7.84. The van der Waals surface area contributed by atoms with Crippen LogP contribution in [0.25, 0.3) is 21.3 Å². The van der Waals surface area contributed by atoms with Crippen LogP contribution in [0.2, 0.25) is 0 Å². The molecule has 134 valence electrons. The first-order chi connectivity index (χ1) is 12.7. The van der Waals surface area contributed by atoms with E-state index in [0.717, 1.165) is 46.5 Å². The number of carbonyl (C=O) groups excluding carboxylic acids is 1. The lowest BCUT2D eigenvalue weighted by atomic mass is 10.1. The molecule has 3 heterocycles. The van der Waals surface area contributed by atoms with E-state index in [9.17, 15) is 4.79 Å². The average Bonchev–Trinajstić information content (AvgIpc) is 3.29. The molecule has 0 spiro atoms. The molecule has 3 aromatic rings. The Bertz CT molecular complexity index is 941. The number of hydrogen-bond donors (Lipinski definition) is 1. The van der Waals surface area contributed by atoms with E-state index in [1.54, 1.807) is 18.4 Å². The quantitative estimate of drug-likeness (QED) is 0.749. The molecule has 4 rings (SSSR count). The lowest BCUT2D eigenvalue weighted by Gasteiger charge is -2.24. The highest BCUT2D eigenvalue weighted by atomic mass is 32.1. The van der Waals surface area contributed by atoms with Gasteiger partial charge in [-0.3, -0.25) is 4.79 Å². The van der Waals surface area contributed by atoms with E-state index in [0.29, 0.717) is 12.4 Å². The summed E-state index contributed by atoms with van der Waals surface area (Å²) in [5, 5.41) is 3.08. The summed E-state index contributed by atoms with van der Waals surface area (Å²) in [7, 11) is 1.62. The van der Waals surface area contributed by atoms with Crippen LogP contribution in [0.4, 0.5) is 5.82 Å². The molecule has 2 aromatic heterocycles. The van der Waals surface area contributed by atoms with Crippen molar-refractivity contribution in [1.29, 1.82) is 0 Å². The summed E-state index contributed by atoms with van der Waals surface area (Å²) < 4.78 is 5.23. The third-order valence-corrected chi connectivity index (χ3v) is 5.54. The van der Waals surface area contributed by atoms with Crippen molar-refractivity contribution in [3.8, 4) is 11.1 Å². The number of rotatable bonds is 5. The summed E-state index contributed by atoms with van der Waals surface area (Å²) in [6.07, 6.45) is 1.68. The summed E-state index contributed by atoms with van der Waals surface area (Å²) in [6.45, 7) is 1.09. The minimum absolute atomic E-state index is 0.306. The molecule has 1 aliphatic rings. The zero-order valence-electron chi connectivity index (χ0n) is 14.5. The number of nitrogens with zero attached hydrogens (tertiary/aromatic N) is 3. The number of nitrogens with two attached hydrogens (primary N) is 1. The van der Waals surface area contributed by atoms with E-state index in [4.69, 9.17) is 15.5 Å². The molecule has 1 fully saturated rings. The van der Waals surface area contributed by atoms with Crippen molar-refractivity contribution in [2.45, 2.75) is 25.5 Å². The number of primary amides is 1. The Hall–Kier alpha value is -2.51. The molecular formula is C19H20N4O2S. The summed E-state index contributed by atoms with van der Waals surface area (Å²) >= 11 is 1.58. The van der Waals surface area contributed by atoms with Gasteiger partial charge in [-0.25, -0.2) is 9.97 Å². The molecule has 0 radical (unpaired) electrons. The number of hydrogen-bond acceptors (Lipinski definition) is 6. The van der Waals surface area contributed by atoms with Crippen LogP contribution in [-0.4, -0.2) is 35.6 Å². The lowest BCUT2D eigenvalue weighted by molar-refractivity contribution is -0.119. The Morgan fingerprint density at radius 1 is 1.35 bits per heavy atom. The Labute approximate surface area is 155 Å². The van der Waals surface area contributed by atoms with Crippen LogP contribution < -0.4 is 10.6 Å². The van der Waals surface area contributed by atoms with E-state index in [-0.39, 0.29) is 11.9 Å². The van der Waals surface area contributed by atoms with Crippen LogP contribution in [-0.2, 0) is 16.1 Å². The third-order valence-electron chi connectivity index (χ3n) is 4.67. The van der Waals surface area contributed by atoms with Gasteiger partial charge in [0, 0.05) is 24.6 Å². The molecule has 1 atom stereocenters. The van der Waals surface area contributed by atoms with Gasteiger partial charge in [-0.15, -0.1) is 11.3 Å². The fourth-order valence-electron chi connectivity index (χ4n) is 3.51. The molecule has 6 nitrogen and oxygen atoms in total. The third kappa shape index (κ3) is 2.93. The Kier molecular flexibility index (Phi) is 4.57. The largest absolute Gasteiger partial charge is 0.377 e. The number of ether oxygens (including phenoxy) is 1. The topological polar surface area (TPSA) is 81.3 Å². The van der Waals surface area contributed by atoms with Gasteiger partial charge in [0.2, 0.25) is 5.91 Å². The van der Waals surface area contributed by atoms with Gasteiger partial charge < -0.3 is 15.4 Å². The zero-order valence-corrected chi connectivity index (χ0v) is 15.3. The first kappa shape index (κ1) is 16.9. The van der Waals surface area contributed by atoms with Crippen molar-refractivity contribution in [2.75, 3.05) is 18.6 Å². The molecule has 0 saturated carbocycles. The van der Waals surface area contributed by atoms with Gasteiger partial charge in [0.1, 0.15) is 23.3 Å². The van der Waals surface area contributed by atoms with Gasteiger partial charge in [-0.2, -0.15) is 0 Å². The fourth-order valence-corrected chi connectivity index (χ4v) is 4.47. The van der Waals surface area contributed by atoms with Crippen LogP contribution in [0.1, 0.15) is 18.7 Å². The van der Waals surface area contributed by atoms with E-state index < -0.39 is 0 Å². The van der Waals surface area contributed by atoms with Crippen molar-refractivity contribution >= 4 is 33.3 Å². The van der Waals surface area contributed by atoms with Crippen molar-refractivity contribution in [1.82, 2.24) is 9.97 Å². The smallest absolute Gasteiger partial charge is 0.240 e. The van der Waals surface area contributed by atoms with Gasteiger partial charge in [0.25, 0.3) is 0 Å². The monoisotopic (exact) mass is 368 g/mol.